The zero-order chi connectivity index (χ0) is 11.1. The van der Waals surface area contributed by atoms with Crippen molar-refractivity contribution >= 4 is 5.91 Å². The molecular formula is C13H21NO2. The summed E-state index contributed by atoms with van der Waals surface area (Å²) in [6.45, 7) is 1.90. The van der Waals surface area contributed by atoms with Crippen LogP contribution in [0.25, 0.3) is 0 Å². The lowest BCUT2D eigenvalue weighted by Gasteiger charge is -2.26. The molecule has 3 nitrogen and oxygen atoms in total. The van der Waals surface area contributed by atoms with Gasteiger partial charge in [-0.1, -0.05) is 6.42 Å². The Kier molecular flexibility index (Phi) is 2.66. The average Bonchev–Trinajstić information content (AvgIpc) is 3.03. The van der Waals surface area contributed by atoms with E-state index in [1.807, 2.05) is 4.90 Å². The number of nitrogens with zero attached hydrogens (tertiary/aromatic N) is 1. The minimum absolute atomic E-state index is 0.237. The van der Waals surface area contributed by atoms with E-state index in [0.717, 1.165) is 31.8 Å². The summed E-state index contributed by atoms with van der Waals surface area (Å²) in [7, 11) is 0. The number of fused-ring (bicyclic) bond motifs is 2. The van der Waals surface area contributed by atoms with Crippen LogP contribution in [0.3, 0.4) is 0 Å². The Morgan fingerprint density at radius 1 is 1.25 bits per heavy atom. The maximum Gasteiger partial charge on any atom is 0.225 e. The van der Waals surface area contributed by atoms with Crippen molar-refractivity contribution in [3.63, 3.8) is 0 Å². The Morgan fingerprint density at radius 2 is 2.12 bits per heavy atom. The van der Waals surface area contributed by atoms with Crippen molar-refractivity contribution in [3.05, 3.63) is 0 Å². The fraction of sp³-hybridized carbons (Fsp3) is 0.923. The number of carbonyl (C=O) groups excluding carboxylic acids is 1. The van der Waals surface area contributed by atoms with Crippen LogP contribution in [-0.4, -0.2) is 35.6 Å². The molecule has 16 heavy (non-hydrogen) atoms. The number of hydrogen-bond acceptors (Lipinski definition) is 2. The molecule has 2 saturated carbocycles. The zero-order valence-corrected chi connectivity index (χ0v) is 9.77. The molecule has 3 heteroatoms. The SMILES string of the molecule is O=C(C1CC2CCC1C2)N1CCC(CO)C1. The van der Waals surface area contributed by atoms with Crippen molar-refractivity contribution < 1.29 is 9.90 Å². The third kappa shape index (κ3) is 1.65. The van der Waals surface area contributed by atoms with Gasteiger partial charge in [-0.2, -0.15) is 0 Å². The van der Waals surface area contributed by atoms with Crippen LogP contribution >= 0.6 is 0 Å². The van der Waals surface area contributed by atoms with Gasteiger partial charge in [-0.15, -0.1) is 0 Å². The van der Waals surface area contributed by atoms with E-state index in [1.165, 1.54) is 19.3 Å². The molecule has 1 saturated heterocycles. The normalized spacial score (nSPS) is 41.9. The molecular weight excluding hydrogens is 202 g/mol. The summed E-state index contributed by atoms with van der Waals surface area (Å²) in [5.74, 6) is 2.59. The van der Waals surface area contributed by atoms with E-state index in [9.17, 15) is 4.79 Å². The van der Waals surface area contributed by atoms with Gasteiger partial charge in [0.05, 0.1) is 0 Å². The monoisotopic (exact) mass is 223 g/mol. The topological polar surface area (TPSA) is 40.5 Å². The van der Waals surface area contributed by atoms with Crippen molar-refractivity contribution in [2.45, 2.75) is 32.1 Å². The van der Waals surface area contributed by atoms with Gasteiger partial charge in [-0.25, -0.2) is 0 Å². The molecule has 0 aromatic rings. The highest BCUT2D eigenvalue weighted by Crippen LogP contribution is 2.49. The Hall–Kier alpha value is -0.570. The third-order valence-electron chi connectivity index (χ3n) is 4.91. The van der Waals surface area contributed by atoms with Gasteiger partial charge in [-0.05, 0) is 37.5 Å². The first-order chi connectivity index (χ1) is 7.78. The summed E-state index contributed by atoms with van der Waals surface area (Å²) in [5.41, 5.74) is 0. The van der Waals surface area contributed by atoms with Gasteiger partial charge in [0.15, 0.2) is 0 Å². The predicted octanol–water partition coefficient (Wildman–Crippen LogP) is 1.26. The molecule has 1 aliphatic heterocycles. The summed E-state index contributed by atoms with van der Waals surface area (Å²) in [4.78, 5) is 14.3. The summed E-state index contributed by atoms with van der Waals surface area (Å²) in [6, 6.07) is 0. The van der Waals surface area contributed by atoms with Crippen LogP contribution in [0.4, 0.5) is 0 Å². The number of rotatable bonds is 2. The minimum Gasteiger partial charge on any atom is -0.396 e. The molecule has 1 N–H and O–H groups in total. The molecule has 90 valence electrons. The van der Waals surface area contributed by atoms with Gasteiger partial charge in [0.2, 0.25) is 5.91 Å². The Balaban J connectivity index is 1.61. The molecule has 0 radical (unpaired) electrons. The predicted molar refractivity (Wildman–Crippen MR) is 60.7 cm³/mol. The van der Waals surface area contributed by atoms with E-state index < -0.39 is 0 Å². The molecule has 1 heterocycles. The molecule has 2 aliphatic carbocycles. The van der Waals surface area contributed by atoms with E-state index >= 15 is 0 Å². The summed E-state index contributed by atoms with van der Waals surface area (Å²) < 4.78 is 0. The molecule has 2 bridgehead atoms. The molecule has 1 amide bonds. The van der Waals surface area contributed by atoms with Crippen molar-refractivity contribution in [2.75, 3.05) is 19.7 Å². The number of amides is 1. The number of carbonyl (C=O) groups is 1. The van der Waals surface area contributed by atoms with Crippen LogP contribution in [-0.2, 0) is 4.79 Å². The maximum absolute atomic E-state index is 12.3. The quantitative estimate of drug-likeness (QED) is 0.765. The Morgan fingerprint density at radius 3 is 2.69 bits per heavy atom. The lowest BCUT2D eigenvalue weighted by molar-refractivity contribution is -0.136. The number of aliphatic hydroxyl groups excluding tert-OH is 1. The van der Waals surface area contributed by atoms with Crippen molar-refractivity contribution in [1.82, 2.24) is 4.90 Å². The average molecular weight is 223 g/mol. The highest BCUT2D eigenvalue weighted by molar-refractivity contribution is 5.80. The first kappa shape index (κ1) is 10.6. The highest BCUT2D eigenvalue weighted by atomic mass is 16.3. The standard InChI is InChI=1S/C13H21NO2/c15-8-10-3-4-14(7-10)13(16)12-6-9-1-2-11(12)5-9/h9-12,15H,1-8H2. The summed E-state index contributed by atoms with van der Waals surface area (Å²) in [5, 5.41) is 9.10. The van der Waals surface area contributed by atoms with Crippen molar-refractivity contribution in [1.29, 1.82) is 0 Å². The van der Waals surface area contributed by atoms with Crippen LogP contribution in [0.2, 0.25) is 0 Å². The van der Waals surface area contributed by atoms with Crippen molar-refractivity contribution in [3.8, 4) is 0 Å². The molecule has 0 spiro atoms. The Bertz CT molecular complexity index is 292. The lowest BCUT2D eigenvalue weighted by Crippen LogP contribution is -2.36. The number of aliphatic hydroxyl groups is 1. The smallest absolute Gasteiger partial charge is 0.225 e. The van der Waals surface area contributed by atoms with E-state index in [1.54, 1.807) is 0 Å². The lowest BCUT2D eigenvalue weighted by atomic mass is 9.88. The molecule has 3 rings (SSSR count). The van der Waals surface area contributed by atoms with Crippen LogP contribution in [0.5, 0.6) is 0 Å². The zero-order valence-electron chi connectivity index (χ0n) is 9.77. The van der Waals surface area contributed by atoms with E-state index in [2.05, 4.69) is 0 Å². The van der Waals surface area contributed by atoms with Gasteiger partial charge in [-0.3, -0.25) is 4.79 Å². The van der Waals surface area contributed by atoms with Crippen LogP contribution in [0.1, 0.15) is 32.1 Å². The Labute approximate surface area is 96.8 Å². The molecule has 4 atom stereocenters. The second kappa shape index (κ2) is 4.02. The molecule has 0 aromatic heterocycles. The maximum atomic E-state index is 12.3. The summed E-state index contributed by atoms with van der Waals surface area (Å²) in [6.07, 6.45) is 6.06. The van der Waals surface area contributed by atoms with Crippen LogP contribution in [0, 0.1) is 23.7 Å². The molecule has 3 aliphatic rings. The van der Waals surface area contributed by atoms with Gasteiger partial charge in [0.25, 0.3) is 0 Å². The fourth-order valence-corrected chi connectivity index (χ4v) is 3.96. The molecule has 3 fully saturated rings. The second-order valence-corrected chi connectivity index (χ2v) is 5.90. The number of hydrogen-bond donors (Lipinski definition) is 1. The van der Waals surface area contributed by atoms with Gasteiger partial charge in [0, 0.05) is 31.5 Å². The van der Waals surface area contributed by atoms with E-state index in [-0.39, 0.29) is 6.61 Å². The van der Waals surface area contributed by atoms with Gasteiger partial charge in [0.1, 0.15) is 0 Å². The first-order valence-corrected chi connectivity index (χ1v) is 6.67. The number of likely N-dealkylation sites (tertiary alicyclic amines) is 1. The van der Waals surface area contributed by atoms with E-state index in [4.69, 9.17) is 5.11 Å². The second-order valence-electron chi connectivity index (χ2n) is 5.90. The van der Waals surface area contributed by atoms with Crippen LogP contribution < -0.4 is 0 Å². The minimum atomic E-state index is 0.237. The van der Waals surface area contributed by atoms with E-state index in [0.29, 0.717) is 23.7 Å². The summed E-state index contributed by atoms with van der Waals surface area (Å²) >= 11 is 0. The third-order valence-corrected chi connectivity index (χ3v) is 4.91. The fourth-order valence-electron chi connectivity index (χ4n) is 3.96. The molecule has 4 unspecified atom stereocenters. The van der Waals surface area contributed by atoms with Gasteiger partial charge < -0.3 is 10.0 Å². The highest BCUT2D eigenvalue weighted by Gasteiger charge is 2.45. The van der Waals surface area contributed by atoms with Crippen LogP contribution in [0.15, 0.2) is 0 Å². The first-order valence-electron chi connectivity index (χ1n) is 6.67. The van der Waals surface area contributed by atoms with Gasteiger partial charge >= 0.3 is 0 Å². The van der Waals surface area contributed by atoms with Crippen molar-refractivity contribution in [2.24, 2.45) is 23.7 Å². The largest absolute Gasteiger partial charge is 0.396 e. The molecule has 0 aromatic carbocycles.